The summed E-state index contributed by atoms with van der Waals surface area (Å²) in [7, 11) is -12.0. The Labute approximate surface area is 463 Å². The van der Waals surface area contributed by atoms with Gasteiger partial charge < -0.3 is 38.2 Å². The van der Waals surface area contributed by atoms with E-state index in [4.69, 9.17) is 28.4 Å². The number of hydrogen-bond donors (Lipinski definition) is 0. The molecule has 0 bridgehead atoms. The molecule has 0 unspecified atom stereocenters. The van der Waals surface area contributed by atoms with E-state index in [2.05, 4.69) is 9.37 Å². The molecule has 0 spiro atoms. The Balaban J connectivity index is 0.00000423. The molecule has 0 aliphatic carbocycles. The molecule has 0 aromatic heterocycles. The fraction of sp³-hybridized carbons (Fsp3) is 0.0400. The van der Waals surface area contributed by atoms with Crippen LogP contribution >= 0.6 is 12.0 Å². The third kappa shape index (κ3) is 14.0. The van der Waals surface area contributed by atoms with Gasteiger partial charge in [0.25, 0.3) is 0 Å². The molecule has 0 radical (unpaired) electrons. The van der Waals surface area contributed by atoms with Crippen LogP contribution in [0.1, 0.15) is 5.56 Å². The summed E-state index contributed by atoms with van der Waals surface area (Å²) in [6.07, 6.45) is 0. The summed E-state index contributed by atoms with van der Waals surface area (Å²) in [6.45, 7) is 1.88. The van der Waals surface area contributed by atoms with Crippen LogP contribution in [0.2, 0.25) is 0 Å². The Hall–Kier alpha value is -5.40. The Kier molecular flexibility index (Phi) is 19.1. The molecule has 8 aromatic carbocycles. The average Bonchev–Trinajstić information content (AvgIpc) is 3.35. The first-order valence-corrected chi connectivity index (χ1v) is 25.6. The number of rotatable bonds is 19. The van der Waals surface area contributed by atoms with E-state index in [9.17, 15) is 35.1 Å². The second kappa shape index (κ2) is 24.5. The van der Waals surface area contributed by atoms with Gasteiger partial charge in [-0.15, -0.1) is 0 Å². The van der Waals surface area contributed by atoms with E-state index in [0.29, 0.717) is 58.4 Å². The van der Waals surface area contributed by atoms with Crippen molar-refractivity contribution in [2.45, 2.75) is 36.3 Å². The van der Waals surface area contributed by atoms with Crippen molar-refractivity contribution in [2.75, 3.05) is 7.11 Å². The van der Waals surface area contributed by atoms with Crippen LogP contribution in [0, 0.1) is 6.92 Å². The van der Waals surface area contributed by atoms with Crippen molar-refractivity contribution < 1.29 is 132 Å². The van der Waals surface area contributed by atoms with E-state index in [-0.39, 0.29) is 95.9 Å². The maximum atomic E-state index is 13.9. The van der Waals surface area contributed by atoms with E-state index in [1.54, 1.807) is 128 Å². The van der Waals surface area contributed by atoms with Crippen molar-refractivity contribution in [1.82, 2.24) is 0 Å². The number of sulfone groups is 2. The van der Waals surface area contributed by atoms with E-state index >= 15 is 0 Å². The zero-order chi connectivity index (χ0) is 49.5. The Morgan fingerprint density at radius 3 is 1.12 bits per heavy atom. The predicted molar refractivity (Wildman–Crippen MR) is 250 cm³/mol. The van der Waals surface area contributed by atoms with Gasteiger partial charge in [-0.1, -0.05) is 17.7 Å². The predicted octanol–water partition coefficient (Wildman–Crippen LogP) is 4.77. The zero-order valence-electron chi connectivity index (χ0n) is 38.5. The fourth-order valence-electron chi connectivity index (χ4n) is 6.50. The standard InChI is InChI=1S/C50H38O16S4.2Na/c1-33-3-23-43(24-4-33)68(52,53)44-25-21-40(22-26-44)62-37-11-9-36(10-12-37)61-38-13-17-41(18-14-38)63-47-29-27-45(31-49(47)67-66-65-51)69(54,55)46-28-30-48(50(32-46)70(56,57)58)64-42-19-15-39(16-20-42)60-35-7-5-34(59-2)6-8-35;;/h3-32,51H,1-2H3,(H,56,57,58);;/q;2*+1/p-2. The molecule has 0 saturated heterocycles. The molecule has 0 aliphatic rings. The number of ether oxygens (including phenoxy) is 6. The molecule has 72 heavy (non-hydrogen) atoms. The summed E-state index contributed by atoms with van der Waals surface area (Å²) < 4.78 is 130. The van der Waals surface area contributed by atoms with Crippen molar-refractivity contribution in [2.24, 2.45) is 0 Å². The van der Waals surface area contributed by atoms with Crippen LogP contribution in [0.15, 0.2) is 211 Å². The summed E-state index contributed by atoms with van der Waals surface area (Å²) >= 11 is 0.350. The van der Waals surface area contributed by atoms with E-state index in [0.717, 1.165) is 23.8 Å². The van der Waals surface area contributed by atoms with Gasteiger partial charge in [-0.3, -0.25) is 5.04 Å². The van der Waals surface area contributed by atoms with Crippen molar-refractivity contribution in [3.05, 3.63) is 188 Å². The molecule has 0 N–H and O–H groups in total. The van der Waals surface area contributed by atoms with E-state index in [1.807, 2.05) is 6.92 Å². The molecule has 0 heterocycles. The molecular weight excluding hydrogens is 1030 g/mol. The molecule has 0 fully saturated rings. The SMILES string of the molecule is COc1ccc(Oc2ccc(Oc3ccc(S(=O)(=O)c4ccc(Oc5ccc(Oc6ccc(Oc7ccc(S(=O)(=O)c8ccc(C)cc8)cc7)cc6)cc5)c(SOO[O-])c4)cc3S(=O)(=O)[O-])cc2)cc1.[Na+].[Na+]. The van der Waals surface area contributed by atoms with Gasteiger partial charge in [0.05, 0.1) is 48.5 Å². The van der Waals surface area contributed by atoms with Crippen LogP contribution in [0.5, 0.6) is 63.2 Å². The maximum absolute atomic E-state index is 13.9. The molecule has 358 valence electrons. The molecule has 0 atom stereocenters. The Bertz CT molecular complexity index is 3460. The van der Waals surface area contributed by atoms with Crippen LogP contribution < -0.4 is 92.8 Å². The zero-order valence-corrected chi connectivity index (χ0v) is 45.8. The first-order chi connectivity index (χ1) is 33.6. The molecule has 8 rings (SSSR count). The molecule has 0 amide bonds. The molecule has 0 saturated carbocycles. The van der Waals surface area contributed by atoms with Gasteiger partial charge in [-0.2, -0.15) is 4.33 Å². The van der Waals surface area contributed by atoms with Crippen LogP contribution in [-0.2, 0) is 39.2 Å². The third-order valence-electron chi connectivity index (χ3n) is 10.0. The molecule has 16 nitrogen and oxygen atoms in total. The Morgan fingerprint density at radius 1 is 0.403 bits per heavy atom. The van der Waals surface area contributed by atoms with Gasteiger partial charge in [0.15, 0.2) is 0 Å². The average molecular weight is 1070 g/mol. The third-order valence-corrected chi connectivity index (χ3v) is 15.0. The van der Waals surface area contributed by atoms with Gasteiger partial charge in [0.2, 0.25) is 19.7 Å². The van der Waals surface area contributed by atoms with Crippen molar-refractivity contribution >= 4 is 41.8 Å². The maximum Gasteiger partial charge on any atom is 1.00 e. The summed E-state index contributed by atoms with van der Waals surface area (Å²) in [5, 5.41) is 14.3. The molecule has 8 aromatic rings. The summed E-state index contributed by atoms with van der Waals surface area (Å²) in [5.41, 5.74) is 0.952. The second-order valence-electron chi connectivity index (χ2n) is 14.8. The smallest absolute Gasteiger partial charge is 0.744 e. The largest absolute Gasteiger partial charge is 1.00 e. The minimum absolute atomic E-state index is 0. The normalized spacial score (nSPS) is 11.3. The van der Waals surface area contributed by atoms with E-state index < -0.39 is 45.3 Å². The van der Waals surface area contributed by atoms with Crippen LogP contribution in [0.25, 0.3) is 0 Å². The van der Waals surface area contributed by atoms with Gasteiger partial charge in [-0.05, 0) is 177 Å². The second-order valence-corrected chi connectivity index (χ2v) is 20.8. The minimum atomic E-state index is -5.28. The first-order valence-electron chi connectivity index (χ1n) is 20.4. The van der Waals surface area contributed by atoms with Gasteiger partial charge >= 0.3 is 59.1 Å². The molecule has 0 aliphatic heterocycles. The van der Waals surface area contributed by atoms with Crippen molar-refractivity contribution in [1.29, 1.82) is 0 Å². The number of hydrogen-bond acceptors (Lipinski definition) is 17. The molecular formula is C50H36Na2O16S4. The van der Waals surface area contributed by atoms with Crippen LogP contribution in [0.3, 0.4) is 0 Å². The van der Waals surface area contributed by atoms with Gasteiger partial charge in [0.1, 0.15) is 73.4 Å². The number of aryl methyl sites for hydroxylation is 1. The number of methoxy groups -OCH3 is 1. The summed E-state index contributed by atoms with van der Waals surface area (Å²) in [4.78, 5) is -1.56. The number of benzene rings is 8. The molecule has 22 heteroatoms. The van der Waals surface area contributed by atoms with E-state index in [1.165, 1.54) is 36.4 Å². The summed E-state index contributed by atoms with van der Waals surface area (Å²) in [5.74, 6) is 3.40. The van der Waals surface area contributed by atoms with Gasteiger partial charge in [0, 0.05) is 0 Å². The monoisotopic (exact) mass is 1070 g/mol. The minimum Gasteiger partial charge on any atom is -0.744 e. The Morgan fingerprint density at radius 2 is 0.722 bits per heavy atom. The fourth-order valence-corrected chi connectivity index (χ4v) is 10.3. The van der Waals surface area contributed by atoms with Crippen LogP contribution in [-0.4, -0.2) is 36.9 Å². The van der Waals surface area contributed by atoms with Crippen LogP contribution in [0.4, 0.5) is 0 Å². The van der Waals surface area contributed by atoms with Crippen molar-refractivity contribution in [3.63, 3.8) is 0 Å². The van der Waals surface area contributed by atoms with Crippen molar-refractivity contribution in [3.8, 4) is 63.2 Å². The van der Waals surface area contributed by atoms with Gasteiger partial charge in [-0.25, -0.2) is 25.3 Å². The topological polar surface area (TPSA) is 222 Å². The quantitative estimate of drug-likeness (QED) is 0.0350. The summed E-state index contributed by atoms with van der Waals surface area (Å²) in [6, 6.07) is 45.1. The first kappa shape index (κ1) is 55.9.